The van der Waals surface area contributed by atoms with Crippen molar-refractivity contribution in [2.45, 2.75) is 76.9 Å². The van der Waals surface area contributed by atoms with Gasteiger partial charge in [0.05, 0.1) is 18.7 Å². The monoisotopic (exact) mass is 688 g/mol. The van der Waals surface area contributed by atoms with Gasteiger partial charge in [-0.1, -0.05) is 74.5 Å². The minimum Gasteiger partial charge on any atom is -0.395 e. The van der Waals surface area contributed by atoms with E-state index >= 15 is 0 Å². The standard InChI is InChI=1S/C39H56N6O5/c1-27(2)19-30(37(48)42-34(15-9-10-16-40)39(50)45-25-31-23-44(17-18-46)24-32(31)26-45)22-36(47)35(21-29-13-7-4-8-14-29)43-38(49)33(41)20-28-11-5-3-6-12-28/h3-8,11-14,27,30,33-35,46H,9-10,15-26,40-41H2,1-2H3,(H,42,48)(H,43,49). The van der Waals surface area contributed by atoms with Gasteiger partial charge in [0.25, 0.3) is 0 Å². The van der Waals surface area contributed by atoms with Gasteiger partial charge in [0.1, 0.15) is 6.04 Å². The molecule has 0 aromatic heterocycles. The van der Waals surface area contributed by atoms with E-state index < -0.39 is 30.0 Å². The largest absolute Gasteiger partial charge is 0.395 e. The van der Waals surface area contributed by atoms with Gasteiger partial charge in [0.15, 0.2) is 5.78 Å². The Morgan fingerprint density at radius 2 is 1.38 bits per heavy atom. The fraction of sp³-hybridized carbons (Fsp3) is 0.538. The predicted molar refractivity (Wildman–Crippen MR) is 195 cm³/mol. The average Bonchev–Trinajstić information content (AvgIpc) is 3.67. The molecule has 0 fully saturated rings. The van der Waals surface area contributed by atoms with Crippen molar-refractivity contribution in [3.8, 4) is 0 Å². The van der Waals surface area contributed by atoms with Crippen molar-refractivity contribution in [3.63, 3.8) is 0 Å². The van der Waals surface area contributed by atoms with Crippen LogP contribution in [0.4, 0.5) is 0 Å². The Kier molecular flexibility index (Phi) is 15.2. The van der Waals surface area contributed by atoms with Gasteiger partial charge in [-0.05, 0) is 73.3 Å². The first-order chi connectivity index (χ1) is 24.1. The number of carbonyl (C=O) groups excluding carboxylic acids is 4. The summed E-state index contributed by atoms with van der Waals surface area (Å²) in [7, 11) is 0. The molecule has 7 N–H and O–H groups in total. The van der Waals surface area contributed by atoms with E-state index in [1.54, 1.807) is 4.90 Å². The number of nitrogens with two attached hydrogens (primary N) is 2. The number of nitrogens with zero attached hydrogens (tertiary/aromatic N) is 2. The lowest BCUT2D eigenvalue weighted by molar-refractivity contribution is -0.138. The molecule has 2 aliphatic heterocycles. The maximum absolute atomic E-state index is 14.0. The normalized spacial score (nSPS) is 17.0. The second-order valence-electron chi connectivity index (χ2n) is 14.2. The van der Waals surface area contributed by atoms with Crippen molar-refractivity contribution in [2.24, 2.45) is 23.3 Å². The maximum Gasteiger partial charge on any atom is 0.245 e. The first-order valence-corrected chi connectivity index (χ1v) is 18.1. The summed E-state index contributed by atoms with van der Waals surface area (Å²) in [6, 6.07) is 16.5. The maximum atomic E-state index is 14.0. The van der Waals surface area contributed by atoms with Crippen LogP contribution in [-0.4, -0.2) is 102 Å². The van der Waals surface area contributed by atoms with E-state index in [1.165, 1.54) is 11.1 Å². The van der Waals surface area contributed by atoms with Crippen LogP contribution in [0, 0.1) is 11.8 Å². The predicted octanol–water partition coefficient (Wildman–Crippen LogP) is 1.97. The van der Waals surface area contributed by atoms with Crippen LogP contribution in [0.5, 0.6) is 0 Å². The van der Waals surface area contributed by atoms with Gasteiger partial charge < -0.3 is 32.1 Å². The number of amides is 3. The van der Waals surface area contributed by atoms with Gasteiger partial charge in [-0.2, -0.15) is 0 Å². The number of hydrogen-bond donors (Lipinski definition) is 5. The third kappa shape index (κ3) is 11.6. The van der Waals surface area contributed by atoms with Gasteiger partial charge in [-0.25, -0.2) is 0 Å². The van der Waals surface area contributed by atoms with Crippen molar-refractivity contribution in [1.82, 2.24) is 20.4 Å². The number of hydrogen-bond acceptors (Lipinski definition) is 8. The topological polar surface area (TPSA) is 171 Å². The molecule has 2 aromatic rings. The minimum absolute atomic E-state index is 0.0836. The van der Waals surface area contributed by atoms with Crippen molar-refractivity contribution < 1.29 is 24.3 Å². The van der Waals surface area contributed by atoms with Crippen LogP contribution in [0.1, 0.15) is 57.1 Å². The molecular weight excluding hydrogens is 632 g/mol. The van der Waals surface area contributed by atoms with Crippen LogP contribution < -0.4 is 22.1 Å². The smallest absolute Gasteiger partial charge is 0.245 e. The quantitative estimate of drug-likeness (QED) is 0.104. The molecule has 3 amide bonds. The molecule has 0 saturated carbocycles. The first-order valence-electron chi connectivity index (χ1n) is 18.1. The summed E-state index contributed by atoms with van der Waals surface area (Å²) in [5.74, 6) is -1.72. The first kappa shape index (κ1) is 38.9. The zero-order valence-electron chi connectivity index (χ0n) is 29.7. The molecule has 4 atom stereocenters. The Bertz CT molecular complexity index is 1430. The molecule has 0 aliphatic carbocycles. The lowest BCUT2D eigenvalue weighted by atomic mass is 9.88. The zero-order valence-corrected chi connectivity index (χ0v) is 29.7. The van der Waals surface area contributed by atoms with E-state index in [2.05, 4.69) is 15.5 Å². The van der Waals surface area contributed by atoms with E-state index in [0.717, 1.165) is 30.6 Å². The molecule has 2 aromatic carbocycles. The molecular formula is C39H56N6O5. The third-order valence-corrected chi connectivity index (χ3v) is 9.58. The van der Waals surface area contributed by atoms with Crippen molar-refractivity contribution in [3.05, 3.63) is 82.9 Å². The Morgan fingerprint density at radius 1 is 0.800 bits per heavy atom. The van der Waals surface area contributed by atoms with Crippen LogP contribution >= 0.6 is 0 Å². The van der Waals surface area contributed by atoms with Crippen LogP contribution in [0.15, 0.2) is 71.8 Å². The summed E-state index contributed by atoms with van der Waals surface area (Å²) in [6.45, 7) is 7.69. The lowest BCUT2D eigenvalue weighted by Crippen LogP contribution is -2.52. The summed E-state index contributed by atoms with van der Waals surface area (Å²) in [4.78, 5) is 59.2. The third-order valence-electron chi connectivity index (χ3n) is 9.58. The Morgan fingerprint density at radius 3 is 1.94 bits per heavy atom. The Balaban J connectivity index is 1.45. The molecule has 2 heterocycles. The minimum atomic E-state index is -0.875. The number of benzene rings is 2. The SMILES string of the molecule is CC(C)CC(CC(=O)C(Cc1ccccc1)NC(=O)C(N)Cc1ccccc1)C(=O)NC(CCCCN)C(=O)N1CC2=C(CN(CCO)C2)C1. The highest BCUT2D eigenvalue weighted by Crippen LogP contribution is 2.27. The van der Waals surface area contributed by atoms with E-state index in [-0.39, 0.29) is 43.0 Å². The summed E-state index contributed by atoms with van der Waals surface area (Å²) in [5, 5.41) is 15.3. The summed E-state index contributed by atoms with van der Waals surface area (Å²) >= 11 is 0. The van der Waals surface area contributed by atoms with E-state index in [0.29, 0.717) is 51.9 Å². The number of rotatable bonds is 20. The number of Topliss-reactive ketones (excluding diaryl/α,β-unsaturated/α-hetero) is 1. The number of aliphatic hydroxyl groups is 1. The van der Waals surface area contributed by atoms with Crippen molar-refractivity contribution >= 4 is 23.5 Å². The van der Waals surface area contributed by atoms with E-state index in [9.17, 15) is 24.3 Å². The van der Waals surface area contributed by atoms with E-state index in [4.69, 9.17) is 11.5 Å². The number of ketones is 1. The molecule has 0 spiro atoms. The molecule has 4 rings (SSSR count). The zero-order chi connectivity index (χ0) is 36.0. The Hall–Kier alpha value is -3.90. The molecule has 2 aliphatic rings. The van der Waals surface area contributed by atoms with Crippen LogP contribution in [0.3, 0.4) is 0 Å². The molecule has 0 radical (unpaired) electrons. The molecule has 11 nitrogen and oxygen atoms in total. The second kappa shape index (κ2) is 19.5. The molecule has 4 unspecified atom stereocenters. The number of nitrogens with one attached hydrogen (secondary N) is 2. The summed E-state index contributed by atoms with van der Waals surface area (Å²) in [5.41, 5.74) is 16.3. The fourth-order valence-electron chi connectivity index (χ4n) is 6.95. The van der Waals surface area contributed by atoms with Gasteiger partial charge >= 0.3 is 0 Å². The average molecular weight is 689 g/mol. The summed E-state index contributed by atoms with van der Waals surface area (Å²) in [6.07, 6.45) is 2.82. The number of aliphatic hydroxyl groups excluding tert-OH is 1. The highest BCUT2D eigenvalue weighted by molar-refractivity contribution is 5.95. The van der Waals surface area contributed by atoms with Crippen LogP contribution in [0.25, 0.3) is 0 Å². The van der Waals surface area contributed by atoms with Crippen molar-refractivity contribution in [2.75, 3.05) is 45.9 Å². The number of unbranched alkanes of at least 4 members (excludes halogenated alkanes) is 1. The highest BCUT2D eigenvalue weighted by atomic mass is 16.3. The Labute approximate surface area is 296 Å². The molecule has 0 saturated heterocycles. The van der Waals surface area contributed by atoms with E-state index in [1.807, 2.05) is 74.5 Å². The van der Waals surface area contributed by atoms with Gasteiger partial charge in [0.2, 0.25) is 17.7 Å². The molecule has 50 heavy (non-hydrogen) atoms. The van der Waals surface area contributed by atoms with Crippen LogP contribution in [0.2, 0.25) is 0 Å². The lowest BCUT2D eigenvalue weighted by Gasteiger charge is -2.29. The van der Waals surface area contributed by atoms with Crippen molar-refractivity contribution in [1.29, 1.82) is 0 Å². The summed E-state index contributed by atoms with van der Waals surface area (Å²) < 4.78 is 0. The molecule has 11 heteroatoms. The van der Waals surface area contributed by atoms with Gasteiger partial charge in [-0.15, -0.1) is 0 Å². The van der Waals surface area contributed by atoms with Crippen LogP contribution in [-0.2, 0) is 32.0 Å². The fourth-order valence-corrected chi connectivity index (χ4v) is 6.95. The van der Waals surface area contributed by atoms with Gasteiger partial charge in [0, 0.05) is 45.1 Å². The highest BCUT2D eigenvalue weighted by Gasteiger charge is 2.36. The second-order valence-corrected chi connectivity index (χ2v) is 14.2. The number of β-amino-alcohol motifs (C(OH)–C–C–N with tert-alkyl or cyclic N) is 1. The molecule has 272 valence electrons. The van der Waals surface area contributed by atoms with Gasteiger partial charge in [-0.3, -0.25) is 24.1 Å². The number of carbonyl (C=O) groups is 4. The molecule has 0 bridgehead atoms.